The van der Waals surface area contributed by atoms with Crippen molar-refractivity contribution in [1.29, 1.82) is 0 Å². The van der Waals surface area contributed by atoms with Gasteiger partial charge in [-0.05, 0) is 19.9 Å². The fourth-order valence-corrected chi connectivity index (χ4v) is 0.436. The van der Waals surface area contributed by atoms with Crippen LogP contribution in [-0.4, -0.2) is 25.8 Å². The van der Waals surface area contributed by atoms with Gasteiger partial charge in [-0.15, -0.1) is 0 Å². The van der Waals surface area contributed by atoms with Crippen LogP contribution in [0.25, 0.3) is 0 Å². The molecule has 0 saturated heterocycles. The van der Waals surface area contributed by atoms with E-state index in [1.807, 2.05) is 6.92 Å². The second kappa shape index (κ2) is 6.01. The van der Waals surface area contributed by atoms with Crippen molar-refractivity contribution in [3.8, 4) is 0 Å². The maximum Gasteiger partial charge on any atom is 0.0669 e. The summed E-state index contributed by atoms with van der Waals surface area (Å²) in [7, 11) is 0. The lowest BCUT2D eigenvalue weighted by Gasteiger charge is -2.08. The largest absolute Gasteiger partial charge is 0.377 e. The molecule has 0 radical (unpaired) electrons. The summed E-state index contributed by atoms with van der Waals surface area (Å²) in [5.41, 5.74) is 10.5. The van der Waals surface area contributed by atoms with E-state index in [1.54, 1.807) is 0 Å². The lowest BCUT2D eigenvalue weighted by atomic mass is 10.4. The molecular formula is C6H16N2O. The van der Waals surface area contributed by atoms with Crippen LogP contribution in [0, 0.1) is 0 Å². The third kappa shape index (κ3) is 5.76. The van der Waals surface area contributed by atoms with E-state index < -0.39 is 0 Å². The Bertz CT molecular complexity index is 59.0. The zero-order valence-electron chi connectivity index (χ0n) is 5.97. The molecule has 0 aromatic carbocycles. The van der Waals surface area contributed by atoms with Crippen molar-refractivity contribution in [2.45, 2.75) is 19.4 Å². The van der Waals surface area contributed by atoms with Crippen molar-refractivity contribution in [2.24, 2.45) is 11.5 Å². The van der Waals surface area contributed by atoms with Crippen LogP contribution in [0.15, 0.2) is 0 Å². The van der Waals surface area contributed by atoms with Gasteiger partial charge in [-0.3, -0.25) is 0 Å². The highest BCUT2D eigenvalue weighted by Crippen LogP contribution is 1.87. The van der Waals surface area contributed by atoms with Gasteiger partial charge >= 0.3 is 0 Å². The normalized spacial score (nSPS) is 13.7. The first kappa shape index (κ1) is 8.88. The van der Waals surface area contributed by atoms with E-state index in [0.29, 0.717) is 13.1 Å². The van der Waals surface area contributed by atoms with Crippen molar-refractivity contribution in [2.75, 3.05) is 19.7 Å². The quantitative estimate of drug-likeness (QED) is 0.505. The maximum absolute atomic E-state index is 5.30. The summed E-state index contributed by atoms with van der Waals surface area (Å²) in [6, 6.07) is 0. The topological polar surface area (TPSA) is 61.3 Å². The summed E-state index contributed by atoms with van der Waals surface area (Å²) >= 11 is 0. The first-order valence-corrected chi connectivity index (χ1v) is 3.33. The Hall–Kier alpha value is -0.120. The summed E-state index contributed by atoms with van der Waals surface area (Å²) in [4.78, 5) is 0. The molecule has 0 fully saturated rings. The SMILES string of the molecule is CC(CN)OCCCN. The van der Waals surface area contributed by atoms with Gasteiger partial charge in [0.2, 0.25) is 0 Å². The van der Waals surface area contributed by atoms with Crippen LogP contribution in [0.4, 0.5) is 0 Å². The molecule has 0 saturated carbocycles. The molecule has 1 atom stereocenters. The van der Waals surface area contributed by atoms with E-state index in [2.05, 4.69) is 0 Å². The molecule has 0 heterocycles. The number of hydrogen-bond donors (Lipinski definition) is 2. The number of hydrogen-bond acceptors (Lipinski definition) is 3. The van der Waals surface area contributed by atoms with Crippen LogP contribution in [0.2, 0.25) is 0 Å². The minimum atomic E-state index is 0.177. The van der Waals surface area contributed by atoms with Crippen molar-refractivity contribution in [1.82, 2.24) is 0 Å². The summed E-state index contributed by atoms with van der Waals surface area (Å²) in [5.74, 6) is 0. The third-order valence-corrected chi connectivity index (χ3v) is 1.08. The fourth-order valence-electron chi connectivity index (χ4n) is 0.436. The van der Waals surface area contributed by atoms with Crippen LogP contribution in [0.1, 0.15) is 13.3 Å². The lowest BCUT2D eigenvalue weighted by Crippen LogP contribution is -2.21. The van der Waals surface area contributed by atoms with Crippen LogP contribution in [-0.2, 0) is 4.74 Å². The van der Waals surface area contributed by atoms with Crippen molar-refractivity contribution < 1.29 is 4.74 Å². The van der Waals surface area contributed by atoms with Gasteiger partial charge in [-0.25, -0.2) is 0 Å². The Morgan fingerprint density at radius 1 is 1.44 bits per heavy atom. The Morgan fingerprint density at radius 2 is 2.11 bits per heavy atom. The highest BCUT2D eigenvalue weighted by atomic mass is 16.5. The predicted octanol–water partition coefficient (Wildman–Crippen LogP) is -0.301. The molecule has 56 valence electrons. The molecule has 1 unspecified atom stereocenters. The van der Waals surface area contributed by atoms with Gasteiger partial charge in [0.1, 0.15) is 0 Å². The van der Waals surface area contributed by atoms with Crippen molar-refractivity contribution >= 4 is 0 Å². The van der Waals surface area contributed by atoms with E-state index in [4.69, 9.17) is 16.2 Å². The Kier molecular flexibility index (Phi) is 5.93. The van der Waals surface area contributed by atoms with E-state index >= 15 is 0 Å². The third-order valence-electron chi connectivity index (χ3n) is 1.08. The van der Waals surface area contributed by atoms with Gasteiger partial charge in [-0.2, -0.15) is 0 Å². The minimum Gasteiger partial charge on any atom is -0.377 e. The fraction of sp³-hybridized carbons (Fsp3) is 1.00. The summed E-state index contributed by atoms with van der Waals surface area (Å²) in [6.07, 6.45) is 1.10. The van der Waals surface area contributed by atoms with Crippen molar-refractivity contribution in [3.63, 3.8) is 0 Å². The summed E-state index contributed by atoms with van der Waals surface area (Å²) in [5, 5.41) is 0. The molecular weight excluding hydrogens is 116 g/mol. The van der Waals surface area contributed by atoms with Gasteiger partial charge in [0.25, 0.3) is 0 Å². The smallest absolute Gasteiger partial charge is 0.0669 e. The van der Waals surface area contributed by atoms with E-state index in [-0.39, 0.29) is 6.10 Å². The highest BCUT2D eigenvalue weighted by molar-refractivity contribution is 4.48. The van der Waals surface area contributed by atoms with Crippen molar-refractivity contribution in [3.05, 3.63) is 0 Å². The van der Waals surface area contributed by atoms with Crippen LogP contribution < -0.4 is 11.5 Å². The van der Waals surface area contributed by atoms with Crippen LogP contribution in [0.5, 0.6) is 0 Å². The second-order valence-corrected chi connectivity index (χ2v) is 2.06. The number of ether oxygens (including phenoxy) is 1. The molecule has 9 heavy (non-hydrogen) atoms. The van der Waals surface area contributed by atoms with Crippen LogP contribution >= 0.6 is 0 Å². The van der Waals surface area contributed by atoms with Gasteiger partial charge in [-0.1, -0.05) is 0 Å². The molecule has 4 N–H and O–H groups in total. The van der Waals surface area contributed by atoms with Gasteiger partial charge < -0.3 is 16.2 Å². The molecule has 0 bridgehead atoms. The highest BCUT2D eigenvalue weighted by Gasteiger charge is 1.95. The monoisotopic (exact) mass is 132 g/mol. The minimum absolute atomic E-state index is 0.177. The Labute approximate surface area is 56.4 Å². The first-order valence-electron chi connectivity index (χ1n) is 3.33. The average Bonchev–Trinajstić information content (AvgIpc) is 1.89. The standard InChI is InChI=1S/C6H16N2O/c1-6(5-8)9-4-2-3-7/h6H,2-5,7-8H2,1H3. The van der Waals surface area contributed by atoms with E-state index in [1.165, 1.54) is 0 Å². The van der Waals surface area contributed by atoms with Gasteiger partial charge in [0, 0.05) is 13.2 Å². The second-order valence-electron chi connectivity index (χ2n) is 2.06. The zero-order chi connectivity index (χ0) is 7.11. The molecule has 0 amide bonds. The van der Waals surface area contributed by atoms with Gasteiger partial charge in [0.05, 0.1) is 6.10 Å². The molecule has 0 aliphatic carbocycles. The lowest BCUT2D eigenvalue weighted by molar-refractivity contribution is 0.0713. The predicted molar refractivity (Wildman–Crippen MR) is 38.1 cm³/mol. The maximum atomic E-state index is 5.30. The number of nitrogens with two attached hydrogens (primary N) is 2. The molecule has 0 rings (SSSR count). The van der Waals surface area contributed by atoms with E-state index in [0.717, 1.165) is 13.0 Å². The molecule has 0 aliphatic rings. The molecule has 0 aromatic heterocycles. The van der Waals surface area contributed by atoms with E-state index in [9.17, 15) is 0 Å². The molecule has 3 heteroatoms. The number of rotatable bonds is 5. The molecule has 0 spiro atoms. The summed E-state index contributed by atoms with van der Waals surface area (Å²) < 4.78 is 5.23. The zero-order valence-corrected chi connectivity index (χ0v) is 5.97. The summed E-state index contributed by atoms with van der Waals surface area (Å²) in [6.45, 7) is 3.97. The molecule has 0 aliphatic heterocycles. The Balaban J connectivity index is 2.88. The first-order chi connectivity index (χ1) is 4.31. The van der Waals surface area contributed by atoms with Gasteiger partial charge in [0.15, 0.2) is 0 Å². The Morgan fingerprint density at radius 3 is 2.56 bits per heavy atom. The average molecular weight is 132 g/mol. The van der Waals surface area contributed by atoms with Crippen LogP contribution in [0.3, 0.4) is 0 Å². The molecule has 0 aromatic rings. The molecule has 3 nitrogen and oxygen atoms in total.